The smallest absolute Gasteiger partial charge is 0.364 e. The molecule has 2 aromatic heterocycles. The molecule has 0 aliphatic rings. The van der Waals surface area contributed by atoms with Gasteiger partial charge in [0.25, 0.3) is 5.22 Å². The molecule has 98 valence electrons. The van der Waals surface area contributed by atoms with Gasteiger partial charge in [-0.3, -0.25) is 0 Å². The van der Waals surface area contributed by atoms with Crippen molar-refractivity contribution in [1.29, 1.82) is 0 Å². The molecule has 2 aromatic rings. The zero-order chi connectivity index (χ0) is 14.0. The first kappa shape index (κ1) is 13.0. The average Bonchev–Trinajstić information content (AvgIpc) is 2.74. The van der Waals surface area contributed by atoms with E-state index < -0.39 is 16.7 Å². The van der Waals surface area contributed by atoms with Crippen LogP contribution in [0, 0.1) is 17.0 Å². The fourth-order valence-electron chi connectivity index (χ4n) is 1.25. The van der Waals surface area contributed by atoms with Gasteiger partial charge < -0.3 is 19.6 Å². The summed E-state index contributed by atoms with van der Waals surface area (Å²) >= 11 is 0.940. The highest BCUT2D eigenvalue weighted by molar-refractivity contribution is 7.99. The van der Waals surface area contributed by atoms with E-state index in [1.165, 1.54) is 6.26 Å². The quantitative estimate of drug-likeness (QED) is 0.668. The Balaban J connectivity index is 2.39. The first-order valence-corrected chi connectivity index (χ1v) is 5.76. The van der Waals surface area contributed by atoms with Crippen LogP contribution in [0.3, 0.4) is 0 Å². The van der Waals surface area contributed by atoms with Crippen molar-refractivity contribution in [3.8, 4) is 0 Å². The summed E-state index contributed by atoms with van der Waals surface area (Å²) in [6.45, 7) is 1.72. The van der Waals surface area contributed by atoms with Gasteiger partial charge in [-0.1, -0.05) is 0 Å². The minimum atomic E-state index is -1.28. The number of aromatic nitrogens is 2. The van der Waals surface area contributed by atoms with Crippen LogP contribution in [0.5, 0.6) is 0 Å². The molecule has 2 rings (SSSR count). The van der Waals surface area contributed by atoms with E-state index in [0.29, 0.717) is 5.69 Å². The Morgan fingerprint density at radius 1 is 1.58 bits per heavy atom. The van der Waals surface area contributed by atoms with Crippen molar-refractivity contribution in [3.63, 3.8) is 0 Å². The largest absolute Gasteiger partial charge is 0.478 e. The molecule has 2 heterocycles. The lowest BCUT2D eigenvalue weighted by Crippen LogP contribution is -2.02. The van der Waals surface area contributed by atoms with Gasteiger partial charge in [0, 0.05) is 0 Å². The van der Waals surface area contributed by atoms with Crippen LogP contribution in [0.1, 0.15) is 16.1 Å². The maximum atomic E-state index is 11.1. The number of nitro groups is 1. The highest BCUT2D eigenvalue weighted by Crippen LogP contribution is 2.30. The molecule has 0 saturated heterocycles. The molecule has 9 heteroatoms. The summed E-state index contributed by atoms with van der Waals surface area (Å²) in [5.41, 5.74) is 0.428. The van der Waals surface area contributed by atoms with Gasteiger partial charge in [-0.05, 0) is 28.6 Å². The van der Waals surface area contributed by atoms with Gasteiger partial charge in [0.15, 0.2) is 6.20 Å². The lowest BCUT2D eigenvalue weighted by molar-refractivity contribution is -0.389. The second-order valence-electron chi connectivity index (χ2n) is 3.46. The zero-order valence-electron chi connectivity index (χ0n) is 9.56. The third-order valence-electron chi connectivity index (χ3n) is 2.07. The number of aryl methyl sites for hydroxylation is 1. The third-order valence-corrected chi connectivity index (χ3v) is 2.97. The Labute approximate surface area is 110 Å². The monoisotopic (exact) mass is 281 g/mol. The fourth-order valence-corrected chi connectivity index (χ4v) is 2.09. The Hall–Kier alpha value is -2.42. The molecular weight excluding hydrogens is 274 g/mol. The molecule has 0 radical (unpaired) electrons. The summed E-state index contributed by atoms with van der Waals surface area (Å²) in [4.78, 5) is 28.7. The standard InChI is InChI=1S/C10H7N3O5S/c1-5-4-18-10(12-5)19-7-3-11-8(13(16)17)2-6(7)9(14)15/h2-4H,1H3,(H,14,15). The van der Waals surface area contributed by atoms with E-state index >= 15 is 0 Å². The number of nitrogens with zero attached hydrogens (tertiary/aromatic N) is 3. The van der Waals surface area contributed by atoms with E-state index in [1.807, 2.05) is 0 Å². The van der Waals surface area contributed by atoms with E-state index in [4.69, 9.17) is 9.52 Å². The van der Waals surface area contributed by atoms with Crippen molar-refractivity contribution in [2.45, 2.75) is 17.0 Å². The zero-order valence-corrected chi connectivity index (χ0v) is 10.4. The molecule has 0 aliphatic heterocycles. The second-order valence-corrected chi connectivity index (χ2v) is 4.45. The molecule has 0 atom stereocenters. The molecule has 19 heavy (non-hydrogen) atoms. The van der Waals surface area contributed by atoms with E-state index in [2.05, 4.69) is 9.97 Å². The lowest BCUT2D eigenvalue weighted by atomic mass is 10.2. The SMILES string of the molecule is Cc1coc(Sc2cnc([N+](=O)[O-])cc2C(=O)O)n1. The summed E-state index contributed by atoms with van der Waals surface area (Å²) in [7, 11) is 0. The van der Waals surface area contributed by atoms with Crippen LogP contribution in [-0.4, -0.2) is 26.0 Å². The summed E-state index contributed by atoms with van der Waals surface area (Å²) in [5, 5.41) is 19.8. The van der Waals surface area contributed by atoms with Crippen LogP contribution in [0.4, 0.5) is 5.82 Å². The highest BCUT2D eigenvalue weighted by atomic mass is 32.2. The predicted molar refractivity (Wildman–Crippen MR) is 63.2 cm³/mol. The van der Waals surface area contributed by atoms with Gasteiger partial charge in [0.1, 0.15) is 6.26 Å². The molecule has 0 aliphatic carbocycles. The average molecular weight is 281 g/mol. The number of rotatable bonds is 4. The molecule has 0 unspecified atom stereocenters. The van der Waals surface area contributed by atoms with Crippen molar-refractivity contribution in [1.82, 2.24) is 9.97 Å². The van der Waals surface area contributed by atoms with Crippen LogP contribution in [0.25, 0.3) is 0 Å². The number of oxazole rings is 1. The van der Waals surface area contributed by atoms with Crippen molar-refractivity contribution < 1.29 is 19.2 Å². The van der Waals surface area contributed by atoms with Crippen LogP contribution in [0.2, 0.25) is 0 Å². The van der Waals surface area contributed by atoms with E-state index in [9.17, 15) is 14.9 Å². The summed E-state index contributed by atoms with van der Waals surface area (Å²) < 4.78 is 5.08. The van der Waals surface area contributed by atoms with Crippen LogP contribution in [-0.2, 0) is 0 Å². The molecule has 1 N–H and O–H groups in total. The molecule has 0 bridgehead atoms. The number of carbonyl (C=O) groups is 1. The number of carboxylic acids is 1. The second kappa shape index (κ2) is 5.06. The van der Waals surface area contributed by atoms with E-state index in [1.54, 1.807) is 6.92 Å². The number of hydrogen-bond acceptors (Lipinski definition) is 7. The summed E-state index contributed by atoms with van der Waals surface area (Å²) in [6.07, 6.45) is 2.54. The maximum absolute atomic E-state index is 11.1. The molecule has 0 fully saturated rings. The number of carboxylic acid groups (broad SMARTS) is 1. The van der Waals surface area contributed by atoms with Gasteiger partial charge in [-0.25, -0.2) is 9.78 Å². The Morgan fingerprint density at radius 2 is 2.32 bits per heavy atom. The van der Waals surface area contributed by atoms with Gasteiger partial charge in [0.05, 0.1) is 22.2 Å². The first-order valence-electron chi connectivity index (χ1n) is 4.95. The van der Waals surface area contributed by atoms with E-state index in [0.717, 1.165) is 24.0 Å². The van der Waals surface area contributed by atoms with Crippen LogP contribution in [0.15, 0.2) is 33.1 Å². The summed E-state index contributed by atoms with van der Waals surface area (Å²) in [6, 6.07) is 0.903. The fraction of sp³-hybridized carbons (Fsp3) is 0.100. The Bertz CT molecular complexity index is 654. The van der Waals surface area contributed by atoms with Gasteiger partial charge in [0.2, 0.25) is 0 Å². The predicted octanol–water partition coefficient (Wildman–Crippen LogP) is 2.14. The van der Waals surface area contributed by atoms with Crippen molar-refractivity contribution in [3.05, 3.63) is 39.9 Å². The number of pyridine rings is 1. The summed E-state index contributed by atoms with van der Waals surface area (Å²) in [5.74, 6) is -1.80. The molecule has 0 amide bonds. The third kappa shape index (κ3) is 2.88. The van der Waals surface area contributed by atoms with Crippen molar-refractivity contribution in [2.75, 3.05) is 0 Å². The molecule has 0 aromatic carbocycles. The molecular formula is C10H7N3O5S. The molecule has 0 spiro atoms. The normalized spacial score (nSPS) is 10.4. The lowest BCUT2D eigenvalue weighted by Gasteiger charge is -2.00. The van der Waals surface area contributed by atoms with Gasteiger partial charge in [-0.15, -0.1) is 0 Å². The highest BCUT2D eigenvalue weighted by Gasteiger charge is 2.20. The Morgan fingerprint density at radius 3 is 2.84 bits per heavy atom. The van der Waals surface area contributed by atoms with Crippen molar-refractivity contribution >= 4 is 23.5 Å². The maximum Gasteiger partial charge on any atom is 0.364 e. The van der Waals surface area contributed by atoms with Gasteiger partial charge in [-0.2, -0.15) is 0 Å². The number of hydrogen-bond donors (Lipinski definition) is 1. The van der Waals surface area contributed by atoms with Gasteiger partial charge >= 0.3 is 11.8 Å². The molecule has 0 saturated carbocycles. The minimum absolute atomic E-state index is 0.220. The molecule has 8 nitrogen and oxygen atoms in total. The topological polar surface area (TPSA) is 119 Å². The minimum Gasteiger partial charge on any atom is -0.478 e. The van der Waals surface area contributed by atoms with Crippen LogP contribution >= 0.6 is 11.8 Å². The first-order chi connectivity index (χ1) is 8.97. The van der Waals surface area contributed by atoms with Crippen molar-refractivity contribution in [2.24, 2.45) is 0 Å². The van der Waals surface area contributed by atoms with E-state index in [-0.39, 0.29) is 15.7 Å². The Kier molecular flexibility index (Phi) is 3.47. The van der Waals surface area contributed by atoms with Crippen LogP contribution < -0.4 is 0 Å². The number of aromatic carboxylic acids is 1.